The Bertz CT molecular complexity index is 1080. The third kappa shape index (κ3) is 3.89. The zero-order valence-electron chi connectivity index (χ0n) is 16.3. The van der Waals surface area contributed by atoms with Crippen molar-refractivity contribution in [2.75, 3.05) is 18.9 Å². The predicted molar refractivity (Wildman–Crippen MR) is 116 cm³/mol. The lowest BCUT2D eigenvalue weighted by molar-refractivity contribution is 0.689. The van der Waals surface area contributed by atoms with Gasteiger partial charge in [0.1, 0.15) is 11.7 Å². The van der Waals surface area contributed by atoms with Gasteiger partial charge in [0.25, 0.3) is 0 Å². The van der Waals surface area contributed by atoms with Crippen LogP contribution in [0.5, 0.6) is 0 Å². The van der Waals surface area contributed by atoms with Crippen LogP contribution in [0.4, 0.5) is 5.69 Å². The zero-order chi connectivity index (χ0) is 20.1. The largest absolute Gasteiger partial charge is 0.404 e. The number of aromatic amines is 1. The number of pyridine rings is 1. The van der Waals surface area contributed by atoms with E-state index in [0.717, 1.165) is 45.5 Å². The molecule has 0 unspecified atom stereocenters. The summed E-state index contributed by atoms with van der Waals surface area (Å²) in [5, 5.41) is 13.9. The molecule has 28 heavy (non-hydrogen) atoms. The number of benzene rings is 1. The van der Waals surface area contributed by atoms with Gasteiger partial charge in [0, 0.05) is 60.5 Å². The summed E-state index contributed by atoms with van der Waals surface area (Å²) in [4.78, 5) is 11.7. The quantitative estimate of drug-likeness (QED) is 0.565. The molecule has 3 aromatic rings. The third-order valence-corrected chi connectivity index (χ3v) is 4.46. The minimum atomic E-state index is 0.501. The normalized spacial score (nSPS) is 12.0. The third-order valence-electron chi connectivity index (χ3n) is 4.46. The van der Waals surface area contributed by atoms with Crippen molar-refractivity contribution in [1.29, 1.82) is 5.26 Å². The van der Waals surface area contributed by atoms with Gasteiger partial charge in [0.15, 0.2) is 0 Å². The summed E-state index contributed by atoms with van der Waals surface area (Å²) in [6, 6.07) is 10.2. The Balaban J connectivity index is 2.05. The highest BCUT2D eigenvalue weighted by molar-refractivity contribution is 6.10. The number of rotatable bonds is 6. The monoisotopic (exact) mass is 372 g/mol. The first kappa shape index (κ1) is 19.2. The van der Waals surface area contributed by atoms with Crippen molar-refractivity contribution in [3.63, 3.8) is 0 Å². The van der Waals surface area contributed by atoms with Crippen molar-refractivity contribution in [3.8, 4) is 17.2 Å². The summed E-state index contributed by atoms with van der Waals surface area (Å²) in [6.07, 6.45) is 6.91. The molecule has 2 aromatic heterocycles. The van der Waals surface area contributed by atoms with Gasteiger partial charge in [-0.1, -0.05) is 19.9 Å². The highest BCUT2D eigenvalue weighted by atomic mass is 14.9. The Morgan fingerprint density at radius 2 is 2.21 bits per heavy atom. The number of nitrogens with two attached hydrogens (primary N) is 1. The molecule has 142 valence electrons. The number of nitriles is 1. The lowest BCUT2D eigenvalue weighted by Gasteiger charge is -2.11. The second kappa shape index (κ2) is 8.40. The second-order valence-electron chi connectivity index (χ2n) is 6.98. The molecule has 0 aliphatic rings. The number of hydrogen-bond acceptors (Lipinski definition) is 5. The van der Waals surface area contributed by atoms with E-state index in [1.54, 1.807) is 19.5 Å². The van der Waals surface area contributed by atoms with E-state index in [1.807, 2.05) is 30.5 Å². The van der Waals surface area contributed by atoms with Crippen molar-refractivity contribution in [1.82, 2.24) is 9.97 Å². The number of anilines is 1. The summed E-state index contributed by atoms with van der Waals surface area (Å²) < 4.78 is 0. The number of hydrogen-bond donors (Lipinski definition) is 3. The molecule has 0 spiro atoms. The van der Waals surface area contributed by atoms with Gasteiger partial charge in [0.2, 0.25) is 0 Å². The summed E-state index contributed by atoms with van der Waals surface area (Å²) in [7, 11) is 1.70. The first-order valence-corrected chi connectivity index (χ1v) is 9.17. The Hall–Kier alpha value is -3.59. The SMILES string of the molecule is CN=C/C(=C\N)c1cnc2[nH]cc(-c3ccc(NCC(C)C)c(C#N)c3)c2c1. The van der Waals surface area contributed by atoms with Crippen LogP contribution in [-0.4, -0.2) is 29.8 Å². The fourth-order valence-corrected chi connectivity index (χ4v) is 3.03. The molecule has 0 saturated heterocycles. The van der Waals surface area contributed by atoms with Gasteiger partial charge in [-0.2, -0.15) is 5.26 Å². The van der Waals surface area contributed by atoms with E-state index in [2.05, 4.69) is 40.2 Å². The minimum Gasteiger partial charge on any atom is -0.404 e. The molecule has 6 heteroatoms. The standard InChI is InChI=1S/C22H24N6/c1-14(2)10-26-21-5-4-15(6-16(21)8-23)20-13-28-22-19(20)7-17(12-27-22)18(9-24)11-25-3/h4-7,9,11-14,26H,10,24H2,1-3H3,(H,27,28)/b18-9+,25-11?. The first-order chi connectivity index (χ1) is 13.6. The van der Waals surface area contributed by atoms with Crippen molar-refractivity contribution in [2.24, 2.45) is 16.6 Å². The van der Waals surface area contributed by atoms with E-state index < -0.39 is 0 Å². The van der Waals surface area contributed by atoms with Crippen LogP contribution in [0, 0.1) is 17.2 Å². The number of nitrogens with one attached hydrogen (secondary N) is 2. The van der Waals surface area contributed by atoms with Crippen LogP contribution in [0.3, 0.4) is 0 Å². The van der Waals surface area contributed by atoms with Gasteiger partial charge < -0.3 is 16.0 Å². The number of aliphatic imine (C=N–C) groups is 1. The van der Waals surface area contributed by atoms with Crippen LogP contribution in [-0.2, 0) is 0 Å². The number of aromatic nitrogens is 2. The molecule has 2 heterocycles. The van der Waals surface area contributed by atoms with Gasteiger partial charge in [0.05, 0.1) is 11.3 Å². The molecule has 0 radical (unpaired) electrons. The molecule has 0 atom stereocenters. The van der Waals surface area contributed by atoms with Gasteiger partial charge in [-0.3, -0.25) is 4.99 Å². The van der Waals surface area contributed by atoms with E-state index in [4.69, 9.17) is 5.73 Å². The van der Waals surface area contributed by atoms with Crippen molar-refractivity contribution in [3.05, 3.63) is 54.0 Å². The Morgan fingerprint density at radius 3 is 2.89 bits per heavy atom. The van der Waals surface area contributed by atoms with Crippen molar-refractivity contribution in [2.45, 2.75) is 13.8 Å². The lowest BCUT2D eigenvalue weighted by atomic mass is 10.0. The van der Waals surface area contributed by atoms with Gasteiger partial charge in [-0.25, -0.2) is 4.98 Å². The molecule has 1 aromatic carbocycles. The van der Waals surface area contributed by atoms with Crippen LogP contribution in [0.15, 0.2) is 47.9 Å². The van der Waals surface area contributed by atoms with Gasteiger partial charge in [-0.15, -0.1) is 0 Å². The smallest absolute Gasteiger partial charge is 0.137 e. The van der Waals surface area contributed by atoms with Gasteiger partial charge in [-0.05, 0) is 29.7 Å². The fourth-order valence-electron chi connectivity index (χ4n) is 3.03. The molecule has 0 aliphatic heterocycles. The Morgan fingerprint density at radius 1 is 1.39 bits per heavy atom. The highest BCUT2D eigenvalue weighted by Gasteiger charge is 2.12. The highest BCUT2D eigenvalue weighted by Crippen LogP contribution is 2.31. The zero-order valence-corrected chi connectivity index (χ0v) is 16.3. The van der Waals surface area contributed by atoms with E-state index in [9.17, 15) is 5.26 Å². The average Bonchev–Trinajstić information content (AvgIpc) is 3.13. The Kier molecular flexibility index (Phi) is 5.75. The molecule has 0 bridgehead atoms. The summed E-state index contributed by atoms with van der Waals surface area (Å²) in [6.45, 7) is 5.09. The number of allylic oxidation sites excluding steroid dienone is 1. The van der Waals surface area contributed by atoms with Crippen LogP contribution >= 0.6 is 0 Å². The van der Waals surface area contributed by atoms with Crippen LogP contribution in [0.2, 0.25) is 0 Å². The molecule has 6 nitrogen and oxygen atoms in total. The molecule has 0 amide bonds. The van der Waals surface area contributed by atoms with E-state index in [0.29, 0.717) is 11.5 Å². The van der Waals surface area contributed by atoms with Crippen molar-refractivity contribution >= 4 is 28.5 Å². The van der Waals surface area contributed by atoms with Crippen molar-refractivity contribution < 1.29 is 0 Å². The van der Waals surface area contributed by atoms with Crippen LogP contribution in [0.25, 0.3) is 27.7 Å². The molecular formula is C22H24N6. The summed E-state index contributed by atoms with van der Waals surface area (Å²) in [5.74, 6) is 0.501. The van der Waals surface area contributed by atoms with E-state index >= 15 is 0 Å². The van der Waals surface area contributed by atoms with E-state index in [-0.39, 0.29) is 0 Å². The molecule has 3 rings (SSSR count). The second-order valence-corrected chi connectivity index (χ2v) is 6.98. The maximum Gasteiger partial charge on any atom is 0.137 e. The average molecular weight is 372 g/mol. The maximum absolute atomic E-state index is 9.58. The maximum atomic E-state index is 9.58. The summed E-state index contributed by atoms with van der Waals surface area (Å²) >= 11 is 0. The Labute approximate surface area is 164 Å². The van der Waals surface area contributed by atoms with Crippen LogP contribution < -0.4 is 11.1 Å². The van der Waals surface area contributed by atoms with Crippen LogP contribution in [0.1, 0.15) is 25.0 Å². The summed E-state index contributed by atoms with van der Waals surface area (Å²) in [5.41, 5.74) is 11.6. The molecule has 0 aliphatic carbocycles. The predicted octanol–water partition coefficient (Wildman–Crippen LogP) is 4.17. The number of nitrogens with zero attached hydrogens (tertiary/aromatic N) is 3. The number of H-pyrrole nitrogens is 1. The fraction of sp³-hybridized carbons (Fsp3) is 0.227. The van der Waals surface area contributed by atoms with Gasteiger partial charge >= 0.3 is 0 Å². The molecule has 0 fully saturated rings. The lowest BCUT2D eigenvalue weighted by Crippen LogP contribution is -2.09. The number of fused-ring (bicyclic) bond motifs is 1. The first-order valence-electron chi connectivity index (χ1n) is 9.17. The van der Waals surface area contributed by atoms with E-state index in [1.165, 1.54) is 6.20 Å². The molecule has 0 saturated carbocycles. The topological polar surface area (TPSA) is 103 Å². The molecule has 4 N–H and O–H groups in total. The minimum absolute atomic E-state index is 0.501. The molecular weight excluding hydrogens is 348 g/mol.